The summed E-state index contributed by atoms with van der Waals surface area (Å²) in [6.45, 7) is -0.151. The molecule has 0 spiro atoms. The van der Waals surface area contributed by atoms with Crippen LogP contribution in [0, 0.1) is 57.4 Å². The molecule has 0 fully saturated rings. The average molecular weight is 1330 g/mol. The molecular formula is C56H72F5N9O23. The van der Waals surface area contributed by atoms with Gasteiger partial charge >= 0.3 is 65.4 Å². The lowest BCUT2D eigenvalue weighted by Gasteiger charge is -2.15. The summed E-state index contributed by atoms with van der Waals surface area (Å²) in [4.78, 5) is 127. The van der Waals surface area contributed by atoms with Crippen molar-refractivity contribution in [2.45, 2.75) is 120 Å². The summed E-state index contributed by atoms with van der Waals surface area (Å²) in [5.41, 5.74) is 27.0. The maximum absolute atomic E-state index is 13.4. The van der Waals surface area contributed by atoms with E-state index in [9.17, 15) is 80.0 Å². The zero-order valence-corrected chi connectivity index (χ0v) is 49.2. The van der Waals surface area contributed by atoms with Crippen LogP contribution >= 0.6 is 0 Å². The van der Waals surface area contributed by atoms with Gasteiger partial charge in [-0.25, -0.2) is 19.7 Å². The third-order valence-corrected chi connectivity index (χ3v) is 12.8. The molecule has 0 saturated heterocycles. The predicted molar refractivity (Wildman–Crippen MR) is 308 cm³/mol. The summed E-state index contributed by atoms with van der Waals surface area (Å²) >= 11 is 0. The quantitative estimate of drug-likeness (QED) is 0.0102. The Hall–Kier alpha value is -9.82. The lowest BCUT2D eigenvalue weighted by molar-refractivity contribution is -0.387. The Labute approximate surface area is 524 Å². The number of ether oxygens (including phenoxy) is 1. The number of carboxylic acids is 10. The highest BCUT2D eigenvalue weighted by Gasteiger charge is 2.30. The molecule has 0 radical (unpaired) electrons. The van der Waals surface area contributed by atoms with Gasteiger partial charge in [0.2, 0.25) is 23.7 Å². The number of hydrogen-bond acceptors (Lipinski definition) is 21. The van der Waals surface area contributed by atoms with Gasteiger partial charge in [-0.2, -0.15) is 17.6 Å². The average Bonchev–Trinajstić information content (AvgIpc) is 1.04. The van der Waals surface area contributed by atoms with E-state index in [-0.39, 0.29) is 82.2 Å². The Balaban J connectivity index is 0.00000114. The van der Waals surface area contributed by atoms with E-state index in [1.807, 2.05) is 0 Å². The van der Waals surface area contributed by atoms with Crippen molar-refractivity contribution in [3.63, 3.8) is 0 Å². The van der Waals surface area contributed by atoms with E-state index in [1.54, 1.807) is 0 Å². The number of carbonyl (C=O) groups is 10. The molecule has 10 unspecified atom stereocenters. The maximum atomic E-state index is 13.4. The number of aromatic nitrogens is 3. The summed E-state index contributed by atoms with van der Waals surface area (Å²) in [6, 6.07) is 4.64. The number of nitro groups is 1. The van der Waals surface area contributed by atoms with E-state index < -0.39 is 154 Å². The molecular weight excluding hydrogens is 1260 g/mol. The molecule has 0 bridgehead atoms. The fourth-order valence-corrected chi connectivity index (χ4v) is 7.68. The number of nitrogens with two attached hydrogens (primary N) is 5. The third-order valence-electron chi connectivity index (χ3n) is 12.8. The van der Waals surface area contributed by atoms with Crippen molar-refractivity contribution in [3.05, 3.63) is 129 Å². The van der Waals surface area contributed by atoms with E-state index >= 15 is 0 Å². The van der Waals surface area contributed by atoms with Crippen LogP contribution in [0.4, 0.5) is 27.6 Å². The van der Waals surface area contributed by atoms with E-state index in [1.165, 1.54) is 48.9 Å². The summed E-state index contributed by atoms with van der Waals surface area (Å²) < 4.78 is 68.9. The molecule has 0 saturated carbocycles. The third kappa shape index (κ3) is 35.4. The number of pyridine rings is 3. The molecule has 10 atom stereocenters. The van der Waals surface area contributed by atoms with Crippen molar-refractivity contribution in [1.29, 1.82) is 0 Å². The van der Waals surface area contributed by atoms with Crippen molar-refractivity contribution in [2.24, 2.45) is 52.3 Å². The van der Waals surface area contributed by atoms with Gasteiger partial charge in [-0.15, -0.1) is 0 Å². The van der Waals surface area contributed by atoms with Crippen LogP contribution in [0.2, 0.25) is 0 Å². The predicted octanol–water partition coefficient (Wildman–Crippen LogP) is 2.37. The molecule has 20 N–H and O–H groups in total. The smallest absolute Gasteiger partial charge is 0.332 e. The molecule has 0 aliphatic carbocycles. The first-order valence-electron chi connectivity index (χ1n) is 27.4. The zero-order valence-electron chi connectivity index (χ0n) is 49.2. The maximum Gasteiger partial charge on any atom is 0.332 e. The lowest BCUT2D eigenvalue weighted by Crippen LogP contribution is -2.38. The minimum Gasteiger partial charge on any atom is -0.481 e. The minimum atomic E-state index is -1.35. The molecule has 37 heteroatoms. The summed E-state index contributed by atoms with van der Waals surface area (Å²) in [5, 5.41) is 98.4. The Morgan fingerprint density at radius 1 is 0.462 bits per heavy atom. The topological polar surface area (TPSA) is 594 Å². The summed E-state index contributed by atoms with van der Waals surface area (Å²) in [5.74, 6) is -19.7. The number of nitrogens with zero attached hydrogens (tertiary/aromatic N) is 4. The van der Waals surface area contributed by atoms with Crippen LogP contribution in [-0.4, -0.2) is 180 Å². The lowest BCUT2D eigenvalue weighted by atomic mass is 9.93. The highest BCUT2D eigenvalue weighted by molar-refractivity contribution is 5.79. The SMILES string of the molecule is NC(CC(Cc1ccc(F)nc1)C(=O)O)C(=O)O.NC(CC(Cc1ccc([N+](=O)[O-])c(F)c1)C(=O)O)C(=O)O.NC(CC(Cc1cccnc1F)C(=O)O)C(=O)O.NC(CC(Cc1ccnc(F)c1)C(=O)O)C(=O)O.NC(CC(OCCCCCCF)C(=O)O)C(=O)O. The molecule has 0 aliphatic heterocycles. The van der Waals surface area contributed by atoms with Gasteiger partial charge in [0.1, 0.15) is 30.2 Å². The first-order valence-corrected chi connectivity index (χ1v) is 27.4. The Morgan fingerprint density at radius 2 is 0.882 bits per heavy atom. The van der Waals surface area contributed by atoms with Crippen molar-refractivity contribution < 1.29 is 131 Å². The fraction of sp³-hybridized carbons (Fsp3) is 0.446. The molecule has 1 aromatic carbocycles. The van der Waals surface area contributed by atoms with E-state index in [0.717, 1.165) is 37.1 Å². The molecule has 514 valence electrons. The monoisotopic (exact) mass is 1330 g/mol. The van der Waals surface area contributed by atoms with Gasteiger partial charge in [0, 0.05) is 43.2 Å². The van der Waals surface area contributed by atoms with E-state index in [4.69, 9.17) is 84.5 Å². The molecule has 3 heterocycles. The molecule has 0 amide bonds. The number of alkyl halides is 1. The van der Waals surface area contributed by atoms with Gasteiger partial charge in [-0.1, -0.05) is 31.0 Å². The van der Waals surface area contributed by atoms with Crippen LogP contribution in [0.25, 0.3) is 0 Å². The Kier molecular flexibility index (Phi) is 39.2. The molecule has 93 heavy (non-hydrogen) atoms. The number of aliphatic carboxylic acids is 10. The Morgan fingerprint density at radius 3 is 1.26 bits per heavy atom. The first-order chi connectivity index (χ1) is 43.4. The summed E-state index contributed by atoms with van der Waals surface area (Å²) in [7, 11) is 0. The van der Waals surface area contributed by atoms with Gasteiger partial charge in [0.25, 0.3) is 0 Å². The number of carboxylic acid groups (broad SMARTS) is 10. The van der Waals surface area contributed by atoms with Crippen LogP contribution in [0.1, 0.15) is 80.0 Å². The van der Waals surface area contributed by atoms with Crippen molar-refractivity contribution in [1.82, 2.24) is 15.0 Å². The van der Waals surface area contributed by atoms with Crippen LogP contribution in [0.3, 0.4) is 0 Å². The zero-order chi connectivity index (χ0) is 71.2. The van der Waals surface area contributed by atoms with Crippen molar-refractivity contribution in [3.8, 4) is 0 Å². The van der Waals surface area contributed by atoms with Crippen LogP contribution < -0.4 is 28.7 Å². The highest BCUT2D eigenvalue weighted by atomic mass is 19.1. The fourth-order valence-electron chi connectivity index (χ4n) is 7.68. The van der Waals surface area contributed by atoms with Crippen molar-refractivity contribution in [2.75, 3.05) is 13.3 Å². The second-order valence-corrected chi connectivity index (χ2v) is 20.1. The number of rotatable bonds is 36. The molecule has 32 nitrogen and oxygen atoms in total. The molecule has 4 rings (SSSR count). The number of halogens is 5. The van der Waals surface area contributed by atoms with E-state index in [0.29, 0.717) is 24.0 Å². The van der Waals surface area contributed by atoms with E-state index in [2.05, 4.69) is 15.0 Å². The van der Waals surface area contributed by atoms with Gasteiger partial charge < -0.3 is 84.5 Å². The van der Waals surface area contributed by atoms with Crippen molar-refractivity contribution >= 4 is 65.4 Å². The molecule has 0 aliphatic rings. The van der Waals surface area contributed by atoms with Crippen LogP contribution in [0.15, 0.2) is 73.2 Å². The number of nitro benzene ring substituents is 1. The largest absolute Gasteiger partial charge is 0.481 e. The second-order valence-electron chi connectivity index (χ2n) is 20.1. The highest BCUT2D eigenvalue weighted by Crippen LogP contribution is 2.23. The summed E-state index contributed by atoms with van der Waals surface area (Å²) in [6.07, 6.45) is 3.55. The molecule has 4 aromatic rings. The number of hydrogen-bond donors (Lipinski definition) is 15. The number of benzene rings is 1. The standard InChI is InChI=1S/C12H13FN2O6.3C11H13FN2O4.C11H20FNO5/c13-8-4-6(1-2-10(8)15(20)21)3-7(11(16)17)5-9(14)12(18)19;12-9-2-1-6(5-14-9)3-7(10(15)16)4-8(13)11(17)18;12-9-4-6(1-2-14-9)3-7(10(15)16)5-8(13)11(17)18;12-9-6(2-1-3-14-9)4-7(10(15)16)5-8(13)11(17)18;12-5-3-1-2-4-6-18-9(11(16)17)7-8(13)10(14)15/h1-2,4,7,9H,3,5,14H2,(H,16,17)(H,18,19);1-2,5,7-8H,3-4,13H2,(H,15,16)(H,17,18);1-2,4,7-8H,3,5,13H2,(H,15,16)(H,17,18);1-3,7-8H,4-5,13H2,(H,15,16)(H,17,18);8-9H,1-7,13H2,(H,14,15)(H,16,17). The van der Waals surface area contributed by atoms with Crippen LogP contribution in [0.5, 0.6) is 0 Å². The van der Waals surface area contributed by atoms with Gasteiger partial charge in [0.05, 0.1) is 35.3 Å². The van der Waals surface area contributed by atoms with Gasteiger partial charge in [-0.05, 0) is 111 Å². The molecule has 3 aromatic heterocycles. The van der Waals surface area contributed by atoms with Crippen LogP contribution in [-0.2, 0) is 78.4 Å². The number of unbranched alkanes of at least 4 members (excludes halogenated alkanes) is 3. The minimum absolute atomic E-state index is 0.00968. The Bertz CT molecular complexity index is 3110. The van der Waals surface area contributed by atoms with Gasteiger partial charge in [0.15, 0.2) is 6.10 Å². The van der Waals surface area contributed by atoms with Gasteiger partial charge in [-0.3, -0.25) is 57.7 Å². The second kappa shape index (κ2) is 43.8. The normalized spacial score (nSPS) is 13.8. The first kappa shape index (κ1) is 83.2.